The van der Waals surface area contributed by atoms with Gasteiger partial charge in [-0.3, -0.25) is 9.78 Å². The number of amides is 1. The quantitative estimate of drug-likeness (QED) is 0.845. The first-order valence-electron chi connectivity index (χ1n) is 5.56. The Kier molecular flexibility index (Phi) is 4.13. The second kappa shape index (κ2) is 5.69. The van der Waals surface area contributed by atoms with Crippen molar-refractivity contribution < 1.29 is 22.4 Å². The standard InChI is InChI=1S/C13H7ClF4N2O/c14-10-3-4-19-6-8(10)12(21)20-7-1-2-11(15)9(5-7)13(16,17)18/h1-6H,(H,20,21). The van der Waals surface area contributed by atoms with Gasteiger partial charge in [-0.1, -0.05) is 11.6 Å². The summed E-state index contributed by atoms with van der Waals surface area (Å²) in [7, 11) is 0. The molecule has 0 aliphatic rings. The van der Waals surface area contributed by atoms with Crippen molar-refractivity contribution in [2.45, 2.75) is 6.18 Å². The van der Waals surface area contributed by atoms with Crippen LogP contribution < -0.4 is 5.32 Å². The largest absolute Gasteiger partial charge is 0.419 e. The summed E-state index contributed by atoms with van der Waals surface area (Å²) in [5, 5.41) is 2.31. The second-order valence-electron chi connectivity index (χ2n) is 4.00. The van der Waals surface area contributed by atoms with Gasteiger partial charge in [0.2, 0.25) is 0 Å². The molecule has 0 unspecified atom stereocenters. The molecule has 0 bridgehead atoms. The Bertz CT molecular complexity index is 688. The fourth-order valence-corrected chi connectivity index (χ4v) is 1.75. The molecule has 0 aliphatic heterocycles. The van der Waals surface area contributed by atoms with Crippen molar-refractivity contribution in [1.29, 1.82) is 0 Å². The number of anilines is 1. The van der Waals surface area contributed by atoms with Crippen LogP contribution in [0.1, 0.15) is 15.9 Å². The highest BCUT2D eigenvalue weighted by Crippen LogP contribution is 2.33. The smallest absolute Gasteiger partial charge is 0.322 e. The van der Waals surface area contributed by atoms with Crippen molar-refractivity contribution in [3.05, 3.63) is 58.6 Å². The molecule has 0 radical (unpaired) electrons. The number of benzene rings is 1. The average molecular weight is 319 g/mol. The summed E-state index contributed by atoms with van der Waals surface area (Å²) >= 11 is 5.77. The van der Waals surface area contributed by atoms with Crippen LogP contribution in [0.3, 0.4) is 0 Å². The third-order valence-corrected chi connectivity index (χ3v) is 2.87. The molecule has 3 nitrogen and oxygen atoms in total. The van der Waals surface area contributed by atoms with Gasteiger partial charge < -0.3 is 5.32 Å². The SMILES string of the molecule is O=C(Nc1ccc(F)c(C(F)(F)F)c1)c1cnccc1Cl. The lowest BCUT2D eigenvalue weighted by atomic mass is 10.1. The van der Waals surface area contributed by atoms with Crippen LogP contribution in [0.2, 0.25) is 5.02 Å². The average Bonchev–Trinajstić information content (AvgIpc) is 2.40. The van der Waals surface area contributed by atoms with E-state index in [1.165, 1.54) is 18.5 Å². The number of nitrogens with one attached hydrogen (secondary N) is 1. The molecule has 0 saturated heterocycles. The lowest BCUT2D eigenvalue weighted by molar-refractivity contribution is -0.139. The number of hydrogen-bond donors (Lipinski definition) is 1. The molecule has 21 heavy (non-hydrogen) atoms. The van der Waals surface area contributed by atoms with E-state index in [0.29, 0.717) is 12.1 Å². The van der Waals surface area contributed by atoms with Crippen LogP contribution in [0.25, 0.3) is 0 Å². The molecule has 1 amide bonds. The van der Waals surface area contributed by atoms with Crippen molar-refractivity contribution in [3.63, 3.8) is 0 Å². The van der Waals surface area contributed by atoms with Crippen molar-refractivity contribution in [2.24, 2.45) is 0 Å². The second-order valence-corrected chi connectivity index (χ2v) is 4.41. The molecule has 2 rings (SSSR count). The van der Waals surface area contributed by atoms with E-state index in [-0.39, 0.29) is 16.3 Å². The highest BCUT2D eigenvalue weighted by Gasteiger charge is 2.34. The molecule has 1 N–H and O–H groups in total. The number of alkyl halides is 3. The van der Waals surface area contributed by atoms with Crippen LogP contribution in [0, 0.1) is 5.82 Å². The van der Waals surface area contributed by atoms with Gasteiger partial charge in [-0.15, -0.1) is 0 Å². The van der Waals surface area contributed by atoms with Gasteiger partial charge in [0.1, 0.15) is 5.82 Å². The third-order valence-electron chi connectivity index (χ3n) is 2.54. The van der Waals surface area contributed by atoms with Gasteiger partial charge in [0.25, 0.3) is 5.91 Å². The van der Waals surface area contributed by atoms with Crippen molar-refractivity contribution >= 4 is 23.2 Å². The van der Waals surface area contributed by atoms with Crippen molar-refractivity contribution in [2.75, 3.05) is 5.32 Å². The molecule has 0 saturated carbocycles. The van der Waals surface area contributed by atoms with Crippen LogP contribution in [-0.4, -0.2) is 10.9 Å². The Labute approximate surface area is 121 Å². The summed E-state index contributed by atoms with van der Waals surface area (Å²) < 4.78 is 50.8. The van der Waals surface area contributed by atoms with Gasteiger partial charge in [-0.2, -0.15) is 13.2 Å². The number of carbonyl (C=O) groups is 1. The molecule has 0 aliphatic carbocycles. The summed E-state index contributed by atoms with van der Waals surface area (Å²) in [5.74, 6) is -2.16. The molecule has 110 valence electrons. The highest BCUT2D eigenvalue weighted by atomic mass is 35.5. The summed E-state index contributed by atoms with van der Waals surface area (Å²) in [6, 6.07) is 3.52. The summed E-state index contributed by atoms with van der Waals surface area (Å²) in [5.41, 5.74) is -1.66. The number of halogens is 5. The maximum atomic E-state index is 13.1. The van der Waals surface area contributed by atoms with Crippen LogP contribution in [0.5, 0.6) is 0 Å². The Morgan fingerprint density at radius 1 is 1.24 bits per heavy atom. The first-order chi connectivity index (χ1) is 9.79. The van der Waals surface area contributed by atoms with Gasteiger partial charge >= 0.3 is 6.18 Å². The number of rotatable bonds is 2. The maximum absolute atomic E-state index is 13.1. The molecule has 1 heterocycles. The topological polar surface area (TPSA) is 42.0 Å². The maximum Gasteiger partial charge on any atom is 0.419 e. The molecule has 1 aromatic carbocycles. The normalized spacial score (nSPS) is 11.3. The molecule has 8 heteroatoms. The van der Waals surface area contributed by atoms with Crippen LogP contribution in [0.4, 0.5) is 23.2 Å². The fraction of sp³-hybridized carbons (Fsp3) is 0.0769. The Morgan fingerprint density at radius 3 is 2.57 bits per heavy atom. The van der Waals surface area contributed by atoms with Crippen LogP contribution in [0.15, 0.2) is 36.7 Å². The van der Waals surface area contributed by atoms with Gasteiger partial charge in [-0.25, -0.2) is 4.39 Å². The van der Waals surface area contributed by atoms with Gasteiger partial charge in [0.15, 0.2) is 0 Å². The lowest BCUT2D eigenvalue weighted by Gasteiger charge is -2.11. The minimum atomic E-state index is -4.85. The summed E-state index contributed by atoms with van der Waals surface area (Å²) in [6.45, 7) is 0. The number of nitrogens with zero attached hydrogens (tertiary/aromatic N) is 1. The Balaban J connectivity index is 2.29. The minimum absolute atomic E-state index is 0.00273. The van der Waals surface area contributed by atoms with E-state index in [2.05, 4.69) is 10.3 Å². The predicted molar refractivity (Wildman–Crippen MR) is 68.6 cm³/mol. The number of aromatic nitrogens is 1. The van der Waals surface area contributed by atoms with Crippen molar-refractivity contribution in [1.82, 2.24) is 4.98 Å². The van der Waals surface area contributed by atoms with E-state index in [4.69, 9.17) is 11.6 Å². The first kappa shape index (κ1) is 15.2. The zero-order valence-electron chi connectivity index (χ0n) is 10.2. The van der Waals surface area contributed by atoms with E-state index in [1.54, 1.807) is 0 Å². The van der Waals surface area contributed by atoms with Gasteiger partial charge in [0, 0.05) is 18.1 Å². The van der Waals surface area contributed by atoms with Crippen LogP contribution >= 0.6 is 11.6 Å². The zero-order chi connectivity index (χ0) is 15.6. The third kappa shape index (κ3) is 3.49. The zero-order valence-corrected chi connectivity index (χ0v) is 11.0. The Morgan fingerprint density at radius 2 is 1.95 bits per heavy atom. The van der Waals surface area contributed by atoms with E-state index >= 15 is 0 Å². The molecule has 1 aromatic heterocycles. The molecular weight excluding hydrogens is 312 g/mol. The predicted octanol–water partition coefficient (Wildman–Crippen LogP) is 4.15. The number of pyridine rings is 1. The summed E-state index contributed by atoms with van der Waals surface area (Å²) in [6.07, 6.45) is -2.32. The summed E-state index contributed by atoms with van der Waals surface area (Å²) in [4.78, 5) is 15.6. The van der Waals surface area contributed by atoms with E-state index in [9.17, 15) is 22.4 Å². The Hall–Kier alpha value is -2.15. The molecule has 0 atom stereocenters. The van der Waals surface area contributed by atoms with Crippen molar-refractivity contribution in [3.8, 4) is 0 Å². The number of carbonyl (C=O) groups excluding carboxylic acids is 1. The van der Waals surface area contributed by atoms with Crippen LogP contribution in [-0.2, 0) is 6.18 Å². The van der Waals surface area contributed by atoms with E-state index in [1.807, 2.05) is 0 Å². The molecule has 0 fully saturated rings. The molecule has 2 aromatic rings. The van der Waals surface area contributed by atoms with Gasteiger partial charge in [-0.05, 0) is 24.3 Å². The van der Waals surface area contributed by atoms with E-state index < -0.39 is 23.5 Å². The molecular formula is C13H7ClF4N2O. The lowest BCUT2D eigenvalue weighted by Crippen LogP contribution is -2.14. The molecule has 0 spiro atoms. The van der Waals surface area contributed by atoms with E-state index in [0.717, 1.165) is 6.07 Å². The highest BCUT2D eigenvalue weighted by molar-refractivity contribution is 6.34. The minimum Gasteiger partial charge on any atom is -0.322 e. The first-order valence-corrected chi connectivity index (χ1v) is 5.94. The fourth-order valence-electron chi connectivity index (χ4n) is 1.56. The van der Waals surface area contributed by atoms with Gasteiger partial charge in [0.05, 0.1) is 16.1 Å². The number of hydrogen-bond acceptors (Lipinski definition) is 2. The monoisotopic (exact) mass is 318 g/mol.